The van der Waals surface area contributed by atoms with Gasteiger partial charge in [0.1, 0.15) is 0 Å². The third-order valence-corrected chi connectivity index (χ3v) is 2.62. The highest BCUT2D eigenvalue weighted by atomic mass is 35.5. The summed E-state index contributed by atoms with van der Waals surface area (Å²) in [4.78, 5) is 8.24. The summed E-state index contributed by atoms with van der Waals surface area (Å²) in [5, 5.41) is 0.458. The van der Waals surface area contributed by atoms with Gasteiger partial charge in [-0.3, -0.25) is 9.98 Å². The average Bonchev–Trinajstić information content (AvgIpc) is 2.39. The molecule has 3 heteroatoms. The highest BCUT2D eigenvalue weighted by Gasteiger charge is 2.06. The first-order valence-corrected chi connectivity index (χ1v) is 5.47. The van der Waals surface area contributed by atoms with E-state index < -0.39 is 0 Å². The zero-order chi connectivity index (χ0) is 12.3. The first kappa shape index (κ1) is 11.6. The van der Waals surface area contributed by atoms with Crippen LogP contribution in [-0.2, 0) is 0 Å². The lowest BCUT2D eigenvalue weighted by atomic mass is 10.1. The van der Waals surface area contributed by atoms with E-state index in [1.54, 1.807) is 6.20 Å². The van der Waals surface area contributed by atoms with Crippen molar-refractivity contribution in [2.75, 3.05) is 0 Å². The molecule has 0 saturated heterocycles. The van der Waals surface area contributed by atoms with Crippen LogP contribution < -0.4 is 0 Å². The second-order valence-electron chi connectivity index (χ2n) is 3.51. The molecule has 1 aromatic carbocycles. The molecule has 2 rings (SSSR count). The van der Waals surface area contributed by atoms with Gasteiger partial charge in [-0.25, -0.2) is 0 Å². The Morgan fingerprint density at radius 3 is 2.65 bits per heavy atom. The van der Waals surface area contributed by atoms with Gasteiger partial charge in [0.05, 0.1) is 11.4 Å². The van der Waals surface area contributed by atoms with Gasteiger partial charge < -0.3 is 0 Å². The summed E-state index contributed by atoms with van der Waals surface area (Å²) in [5.74, 6) is 0. The minimum atomic E-state index is 0.458. The summed E-state index contributed by atoms with van der Waals surface area (Å²) in [5.41, 5.74) is 3.38. The second-order valence-corrected chi connectivity index (χ2v) is 3.97. The van der Waals surface area contributed by atoms with Crippen molar-refractivity contribution in [2.24, 2.45) is 4.99 Å². The van der Waals surface area contributed by atoms with Crippen molar-refractivity contribution in [3.63, 3.8) is 0 Å². The highest BCUT2D eigenvalue weighted by Crippen LogP contribution is 2.31. The number of nitrogens with zero attached hydrogens (tertiary/aromatic N) is 2. The van der Waals surface area contributed by atoms with E-state index in [0.29, 0.717) is 10.7 Å². The van der Waals surface area contributed by atoms with Crippen LogP contribution in [0.5, 0.6) is 0 Å². The van der Waals surface area contributed by atoms with Crippen LogP contribution in [0.1, 0.15) is 5.56 Å². The van der Waals surface area contributed by atoms with Crippen LogP contribution >= 0.6 is 11.6 Å². The molecular weight excluding hydrogens is 232 g/mol. The van der Waals surface area contributed by atoms with Gasteiger partial charge in [-0.05, 0) is 24.9 Å². The summed E-state index contributed by atoms with van der Waals surface area (Å²) in [6.07, 6.45) is 1.75. The molecule has 0 aliphatic rings. The third-order valence-electron chi connectivity index (χ3n) is 2.42. The summed E-state index contributed by atoms with van der Waals surface area (Å²) in [6.45, 7) is 7.24. The molecule has 0 N–H and O–H groups in total. The first-order chi connectivity index (χ1) is 8.22. The molecule has 0 amide bonds. The molecule has 0 saturated carbocycles. The van der Waals surface area contributed by atoms with Gasteiger partial charge in [0, 0.05) is 22.4 Å². The quantitative estimate of drug-likeness (QED) is 0.737. The summed E-state index contributed by atoms with van der Waals surface area (Å²) in [7, 11) is 0. The minimum absolute atomic E-state index is 0.458. The normalized spacial score (nSPS) is 9.94. The first-order valence-electron chi connectivity index (χ1n) is 5.09. The minimum Gasteiger partial charge on any atom is -0.264 e. The van der Waals surface area contributed by atoms with Crippen molar-refractivity contribution in [1.29, 1.82) is 0 Å². The van der Waals surface area contributed by atoms with Gasteiger partial charge >= 0.3 is 0 Å². The molecule has 1 heterocycles. The SMILES string of the molecule is C=Nc1cc(-c2ccccn2)ccc1C(=C)Cl. The predicted octanol–water partition coefficient (Wildman–Crippen LogP) is 4.29. The van der Waals surface area contributed by atoms with Crippen molar-refractivity contribution in [3.8, 4) is 11.3 Å². The lowest BCUT2D eigenvalue weighted by Gasteiger charge is -2.06. The number of rotatable bonds is 3. The Balaban J connectivity index is 2.53. The molecule has 1 aromatic heterocycles. The number of pyridine rings is 1. The molecule has 17 heavy (non-hydrogen) atoms. The molecule has 2 aromatic rings. The number of halogens is 1. The fraction of sp³-hybridized carbons (Fsp3) is 0. The topological polar surface area (TPSA) is 25.2 Å². The predicted molar refractivity (Wildman–Crippen MR) is 73.8 cm³/mol. The van der Waals surface area contributed by atoms with Gasteiger partial charge in [-0.15, -0.1) is 0 Å². The van der Waals surface area contributed by atoms with Crippen LogP contribution in [0.2, 0.25) is 0 Å². The molecule has 84 valence electrons. The van der Waals surface area contributed by atoms with Crippen molar-refractivity contribution in [2.45, 2.75) is 0 Å². The van der Waals surface area contributed by atoms with Crippen molar-refractivity contribution < 1.29 is 0 Å². The second kappa shape index (κ2) is 4.93. The number of aliphatic imine (C=N–C) groups is 1. The number of hydrogen-bond donors (Lipinski definition) is 0. The Morgan fingerprint density at radius 1 is 1.24 bits per heavy atom. The molecule has 0 fully saturated rings. The summed E-state index contributed by atoms with van der Waals surface area (Å²) in [6, 6.07) is 11.5. The van der Waals surface area contributed by atoms with Crippen molar-refractivity contribution >= 4 is 29.0 Å². The van der Waals surface area contributed by atoms with Crippen LogP contribution in [-0.4, -0.2) is 11.7 Å². The molecule has 0 bridgehead atoms. The highest BCUT2D eigenvalue weighted by molar-refractivity contribution is 6.48. The fourth-order valence-corrected chi connectivity index (χ4v) is 1.74. The van der Waals surface area contributed by atoms with E-state index in [4.69, 9.17) is 11.6 Å². The zero-order valence-electron chi connectivity index (χ0n) is 9.23. The Kier molecular flexibility index (Phi) is 3.35. The van der Waals surface area contributed by atoms with Crippen LogP contribution in [0, 0.1) is 0 Å². The lowest BCUT2D eigenvalue weighted by molar-refractivity contribution is 1.32. The van der Waals surface area contributed by atoms with Crippen LogP contribution in [0.3, 0.4) is 0 Å². The largest absolute Gasteiger partial charge is 0.264 e. The monoisotopic (exact) mass is 242 g/mol. The third kappa shape index (κ3) is 2.43. The maximum Gasteiger partial charge on any atom is 0.0716 e. The summed E-state index contributed by atoms with van der Waals surface area (Å²) >= 11 is 5.89. The summed E-state index contributed by atoms with van der Waals surface area (Å²) < 4.78 is 0. The van der Waals surface area contributed by atoms with Crippen LogP contribution in [0.25, 0.3) is 16.3 Å². The van der Waals surface area contributed by atoms with Gasteiger partial charge in [-0.1, -0.05) is 36.4 Å². The maximum absolute atomic E-state index is 5.89. The van der Waals surface area contributed by atoms with E-state index in [0.717, 1.165) is 16.8 Å². The molecule has 0 aliphatic carbocycles. The van der Waals surface area contributed by atoms with Gasteiger partial charge in [0.15, 0.2) is 0 Å². The molecule has 0 radical (unpaired) electrons. The van der Waals surface area contributed by atoms with E-state index >= 15 is 0 Å². The van der Waals surface area contributed by atoms with E-state index in [1.165, 1.54) is 0 Å². The molecule has 0 atom stereocenters. The van der Waals surface area contributed by atoms with Gasteiger partial charge in [0.2, 0.25) is 0 Å². The number of hydrogen-bond acceptors (Lipinski definition) is 2. The number of benzene rings is 1. The lowest BCUT2D eigenvalue weighted by Crippen LogP contribution is -1.84. The van der Waals surface area contributed by atoms with E-state index in [1.807, 2.05) is 36.4 Å². The van der Waals surface area contributed by atoms with E-state index in [2.05, 4.69) is 23.3 Å². The van der Waals surface area contributed by atoms with Crippen LogP contribution in [0.4, 0.5) is 5.69 Å². The molecule has 0 spiro atoms. The van der Waals surface area contributed by atoms with Gasteiger partial charge in [0.25, 0.3) is 0 Å². The molecule has 0 aliphatic heterocycles. The number of aromatic nitrogens is 1. The van der Waals surface area contributed by atoms with Crippen LogP contribution in [0.15, 0.2) is 54.2 Å². The van der Waals surface area contributed by atoms with E-state index in [9.17, 15) is 0 Å². The Labute approximate surface area is 105 Å². The molecule has 2 nitrogen and oxygen atoms in total. The maximum atomic E-state index is 5.89. The Morgan fingerprint density at radius 2 is 2.06 bits per heavy atom. The molecular formula is C14H11ClN2. The van der Waals surface area contributed by atoms with Crippen molar-refractivity contribution in [3.05, 3.63) is 54.7 Å². The molecule has 0 unspecified atom stereocenters. The average molecular weight is 243 g/mol. The Hall–Kier alpha value is -1.93. The van der Waals surface area contributed by atoms with E-state index in [-0.39, 0.29) is 0 Å². The fourth-order valence-electron chi connectivity index (χ4n) is 1.58. The zero-order valence-corrected chi connectivity index (χ0v) is 9.98. The smallest absolute Gasteiger partial charge is 0.0716 e. The van der Waals surface area contributed by atoms with Gasteiger partial charge in [-0.2, -0.15) is 0 Å². The van der Waals surface area contributed by atoms with Crippen molar-refractivity contribution in [1.82, 2.24) is 4.98 Å². The standard InChI is InChI=1S/C14H11ClN2/c1-10(15)12-7-6-11(9-14(12)16-2)13-5-3-4-8-17-13/h3-9H,1-2H2. The Bertz CT molecular complexity index is 562.